The molecule has 1 amide bonds. The second-order valence-electron chi connectivity index (χ2n) is 4.59. The van der Waals surface area contributed by atoms with Crippen molar-refractivity contribution in [3.05, 3.63) is 61.6 Å². The van der Waals surface area contributed by atoms with Gasteiger partial charge in [-0.15, -0.1) is 0 Å². The molecule has 114 valence electrons. The minimum Gasteiger partial charge on any atom is -0.452 e. The summed E-state index contributed by atoms with van der Waals surface area (Å²) in [5.74, 6) is -0.886. The summed E-state index contributed by atoms with van der Waals surface area (Å²) in [5, 5.41) is 2.72. The van der Waals surface area contributed by atoms with Crippen LogP contribution in [-0.2, 0) is 9.53 Å². The maximum Gasteiger partial charge on any atom is 0.338 e. The van der Waals surface area contributed by atoms with Crippen LogP contribution < -0.4 is 5.32 Å². The molecule has 0 aromatic heterocycles. The molecule has 1 N–H and O–H groups in total. The van der Waals surface area contributed by atoms with E-state index in [4.69, 9.17) is 4.74 Å². The Morgan fingerprint density at radius 2 is 1.86 bits per heavy atom. The minimum absolute atomic E-state index is 0.319. The van der Waals surface area contributed by atoms with E-state index in [0.717, 1.165) is 13.6 Å². The molecular weight excluding hydrogens is 461 g/mol. The lowest BCUT2D eigenvalue weighted by atomic mass is 10.2. The maximum absolute atomic E-state index is 11.8. The zero-order valence-electron chi connectivity index (χ0n) is 11.7. The van der Waals surface area contributed by atoms with Gasteiger partial charge in [0, 0.05) is 13.7 Å². The maximum atomic E-state index is 11.8. The van der Waals surface area contributed by atoms with Crippen molar-refractivity contribution in [3.63, 3.8) is 0 Å². The number of anilines is 1. The Morgan fingerprint density at radius 1 is 1.18 bits per heavy atom. The summed E-state index contributed by atoms with van der Waals surface area (Å²) in [6, 6.07) is 12.5. The van der Waals surface area contributed by atoms with Crippen LogP contribution in [0.2, 0.25) is 0 Å². The molecule has 2 rings (SSSR count). The molecule has 0 atom stereocenters. The lowest BCUT2D eigenvalue weighted by Crippen LogP contribution is -2.21. The number of carbonyl (C=O) groups excluding carboxylic acids is 2. The smallest absolute Gasteiger partial charge is 0.338 e. The number of esters is 1. The second-order valence-corrected chi connectivity index (χ2v) is 6.75. The molecule has 22 heavy (non-hydrogen) atoms. The molecule has 0 heterocycles. The van der Waals surface area contributed by atoms with E-state index in [1.807, 2.05) is 31.2 Å². The summed E-state index contributed by atoms with van der Waals surface area (Å²) in [5.41, 5.74) is 2.04. The Hall–Kier alpha value is -1.41. The fraction of sp³-hybridized carbons (Fsp3) is 0.125. The lowest BCUT2D eigenvalue weighted by molar-refractivity contribution is -0.119. The zero-order valence-corrected chi connectivity index (χ0v) is 15.5. The fourth-order valence-electron chi connectivity index (χ4n) is 1.75. The Bertz CT molecular complexity index is 701. The first-order valence-electron chi connectivity index (χ1n) is 6.44. The summed E-state index contributed by atoms with van der Waals surface area (Å²) < 4.78 is 6.97. The van der Waals surface area contributed by atoms with Crippen molar-refractivity contribution in [1.29, 1.82) is 0 Å². The SMILES string of the molecule is Cc1cc(Br)ccc1NC(=O)COC(=O)c1ccc(I)cc1. The van der Waals surface area contributed by atoms with Crippen molar-refractivity contribution in [2.24, 2.45) is 0 Å². The van der Waals surface area contributed by atoms with Crippen LogP contribution in [0.1, 0.15) is 15.9 Å². The molecule has 0 fully saturated rings. The van der Waals surface area contributed by atoms with E-state index >= 15 is 0 Å². The van der Waals surface area contributed by atoms with Gasteiger partial charge in [0.1, 0.15) is 0 Å². The summed E-state index contributed by atoms with van der Waals surface area (Å²) in [7, 11) is 0. The van der Waals surface area contributed by atoms with E-state index in [1.165, 1.54) is 0 Å². The van der Waals surface area contributed by atoms with E-state index in [2.05, 4.69) is 43.8 Å². The van der Waals surface area contributed by atoms with Crippen LogP contribution >= 0.6 is 38.5 Å². The molecule has 0 saturated carbocycles. The number of hydrogen-bond acceptors (Lipinski definition) is 3. The van der Waals surface area contributed by atoms with E-state index in [1.54, 1.807) is 18.2 Å². The molecule has 0 saturated heterocycles. The predicted molar refractivity (Wildman–Crippen MR) is 97.0 cm³/mol. The second kappa shape index (κ2) is 7.73. The zero-order chi connectivity index (χ0) is 16.1. The lowest BCUT2D eigenvalue weighted by Gasteiger charge is -2.09. The first-order valence-corrected chi connectivity index (χ1v) is 8.31. The van der Waals surface area contributed by atoms with Crippen LogP contribution in [0, 0.1) is 10.5 Å². The standard InChI is InChI=1S/C16H13BrINO3/c1-10-8-12(17)4-7-14(10)19-15(20)9-22-16(21)11-2-5-13(18)6-3-11/h2-8H,9H2,1H3,(H,19,20). The Balaban J connectivity index is 1.89. The molecule has 0 unspecified atom stereocenters. The highest BCUT2D eigenvalue weighted by Crippen LogP contribution is 2.19. The third-order valence-corrected chi connectivity index (χ3v) is 4.09. The third kappa shape index (κ3) is 4.81. The van der Waals surface area contributed by atoms with Gasteiger partial charge < -0.3 is 10.1 Å². The van der Waals surface area contributed by atoms with Crippen LogP contribution in [0.25, 0.3) is 0 Å². The summed E-state index contributed by atoms with van der Waals surface area (Å²) >= 11 is 5.51. The number of halogens is 2. The molecule has 4 nitrogen and oxygen atoms in total. The molecule has 0 radical (unpaired) electrons. The fourth-order valence-corrected chi connectivity index (χ4v) is 2.59. The Morgan fingerprint density at radius 3 is 2.50 bits per heavy atom. The van der Waals surface area contributed by atoms with Crippen molar-refractivity contribution in [3.8, 4) is 0 Å². The highest BCUT2D eigenvalue weighted by molar-refractivity contribution is 14.1. The average Bonchev–Trinajstić information content (AvgIpc) is 2.48. The first kappa shape index (κ1) is 17.0. The van der Waals surface area contributed by atoms with Crippen LogP contribution in [-0.4, -0.2) is 18.5 Å². The summed E-state index contributed by atoms with van der Waals surface area (Å²) in [6.45, 7) is 1.57. The van der Waals surface area contributed by atoms with Gasteiger partial charge in [-0.25, -0.2) is 4.79 Å². The molecule has 0 aliphatic carbocycles. The van der Waals surface area contributed by atoms with Crippen LogP contribution in [0.5, 0.6) is 0 Å². The van der Waals surface area contributed by atoms with E-state index in [9.17, 15) is 9.59 Å². The number of amides is 1. The van der Waals surface area contributed by atoms with E-state index in [-0.39, 0.29) is 12.5 Å². The number of carbonyl (C=O) groups is 2. The molecule has 0 aliphatic heterocycles. The van der Waals surface area contributed by atoms with Gasteiger partial charge in [0.15, 0.2) is 6.61 Å². The Labute approximate surface area is 150 Å². The summed E-state index contributed by atoms with van der Waals surface area (Å²) in [6.07, 6.45) is 0. The normalized spacial score (nSPS) is 10.1. The average molecular weight is 474 g/mol. The van der Waals surface area contributed by atoms with Gasteiger partial charge in [0.25, 0.3) is 5.91 Å². The first-order chi connectivity index (χ1) is 10.5. The van der Waals surface area contributed by atoms with Gasteiger partial charge in [-0.3, -0.25) is 4.79 Å². The number of nitrogens with one attached hydrogen (secondary N) is 1. The number of benzene rings is 2. The van der Waals surface area contributed by atoms with Crippen LogP contribution in [0.3, 0.4) is 0 Å². The van der Waals surface area contributed by atoms with Gasteiger partial charge in [-0.1, -0.05) is 15.9 Å². The van der Waals surface area contributed by atoms with Crippen molar-refractivity contribution in [2.75, 3.05) is 11.9 Å². The van der Waals surface area contributed by atoms with Crippen LogP contribution in [0.4, 0.5) is 5.69 Å². The molecule has 2 aromatic rings. The molecule has 2 aromatic carbocycles. The van der Waals surface area contributed by atoms with Crippen LogP contribution in [0.15, 0.2) is 46.9 Å². The number of ether oxygens (including phenoxy) is 1. The molecular formula is C16H13BrINO3. The Kier molecular flexibility index (Phi) is 5.96. The predicted octanol–water partition coefficient (Wildman–Crippen LogP) is 4.16. The van der Waals surface area contributed by atoms with Gasteiger partial charge in [-0.05, 0) is 77.5 Å². The van der Waals surface area contributed by atoms with Crippen molar-refractivity contribution in [2.45, 2.75) is 6.92 Å². The largest absolute Gasteiger partial charge is 0.452 e. The number of aryl methyl sites for hydroxylation is 1. The molecule has 0 bridgehead atoms. The molecule has 0 spiro atoms. The highest BCUT2D eigenvalue weighted by Gasteiger charge is 2.11. The summed E-state index contributed by atoms with van der Waals surface area (Å²) in [4.78, 5) is 23.7. The van der Waals surface area contributed by atoms with Crippen molar-refractivity contribution in [1.82, 2.24) is 0 Å². The van der Waals surface area contributed by atoms with Gasteiger partial charge >= 0.3 is 5.97 Å². The van der Waals surface area contributed by atoms with Crippen molar-refractivity contribution < 1.29 is 14.3 Å². The molecule has 6 heteroatoms. The monoisotopic (exact) mass is 473 g/mol. The number of rotatable bonds is 4. The molecule has 0 aliphatic rings. The minimum atomic E-state index is -0.515. The third-order valence-electron chi connectivity index (χ3n) is 2.88. The van der Waals surface area contributed by atoms with Gasteiger partial charge in [-0.2, -0.15) is 0 Å². The quantitative estimate of drug-likeness (QED) is 0.536. The van der Waals surface area contributed by atoms with Gasteiger partial charge in [0.2, 0.25) is 0 Å². The van der Waals surface area contributed by atoms with E-state index < -0.39 is 5.97 Å². The number of hydrogen-bond donors (Lipinski definition) is 1. The van der Waals surface area contributed by atoms with Crippen molar-refractivity contribution >= 4 is 56.1 Å². The topological polar surface area (TPSA) is 55.4 Å². The van der Waals surface area contributed by atoms with Gasteiger partial charge in [0.05, 0.1) is 5.56 Å². The highest BCUT2D eigenvalue weighted by atomic mass is 127. The van der Waals surface area contributed by atoms with E-state index in [0.29, 0.717) is 11.3 Å².